The van der Waals surface area contributed by atoms with Crippen LogP contribution in [-0.4, -0.2) is 58.8 Å². The SMILES string of the molecule is O=C(c1ccnc(NC2CCCC2)c1)N1CCN(C(=O)c2ccco2)CC1. The van der Waals surface area contributed by atoms with Crippen molar-refractivity contribution in [2.24, 2.45) is 0 Å². The molecule has 4 rings (SSSR count). The van der Waals surface area contributed by atoms with E-state index >= 15 is 0 Å². The summed E-state index contributed by atoms with van der Waals surface area (Å²) in [6.45, 7) is 2.03. The Balaban J connectivity index is 1.35. The number of hydrogen-bond acceptors (Lipinski definition) is 5. The molecule has 3 heterocycles. The summed E-state index contributed by atoms with van der Waals surface area (Å²) in [6.07, 6.45) is 7.99. The molecule has 142 valence electrons. The predicted octanol–water partition coefficient (Wildman–Crippen LogP) is 2.63. The van der Waals surface area contributed by atoms with E-state index in [4.69, 9.17) is 4.42 Å². The fourth-order valence-corrected chi connectivity index (χ4v) is 3.77. The van der Waals surface area contributed by atoms with Crippen molar-refractivity contribution in [3.8, 4) is 0 Å². The summed E-state index contributed by atoms with van der Waals surface area (Å²) in [5.74, 6) is 0.960. The molecule has 0 bridgehead atoms. The predicted molar refractivity (Wildman–Crippen MR) is 101 cm³/mol. The minimum absolute atomic E-state index is 0.0167. The average Bonchev–Trinajstić information content (AvgIpc) is 3.41. The molecule has 1 aliphatic carbocycles. The smallest absolute Gasteiger partial charge is 0.289 e. The van der Waals surface area contributed by atoms with Crippen molar-refractivity contribution in [2.45, 2.75) is 31.7 Å². The number of amides is 2. The second kappa shape index (κ2) is 7.82. The Bertz CT molecular complexity index is 791. The van der Waals surface area contributed by atoms with Crippen LogP contribution in [0.2, 0.25) is 0 Å². The summed E-state index contributed by atoms with van der Waals surface area (Å²) in [6, 6.07) is 7.41. The van der Waals surface area contributed by atoms with E-state index in [0.717, 1.165) is 18.7 Å². The third-order valence-corrected chi connectivity index (χ3v) is 5.30. The second-order valence-electron chi connectivity index (χ2n) is 7.12. The Kier molecular flexibility index (Phi) is 5.09. The number of anilines is 1. The normalized spacial score (nSPS) is 17.9. The van der Waals surface area contributed by atoms with Gasteiger partial charge in [0.25, 0.3) is 11.8 Å². The second-order valence-corrected chi connectivity index (χ2v) is 7.12. The minimum atomic E-state index is -0.126. The van der Waals surface area contributed by atoms with Gasteiger partial charge in [0.15, 0.2) is 5.76 Å². The van der Waals surface area contributed by atoms with Crippen molar-refractivity contribution in [1.82, 2.24) is 14.8 Å². The van der Waals surface area contributed by atoms with Crippen LogP contribution in [-0.2, 0) is 0 Å². The molecule has 0 radical (unpaired) electrons. The molecule has 0 unspecified atom stereocenters. The maximum absolute atomic E-state index is 12.8. The summed E-state index contributed by atoms with van der Waals surface area (Å²) >= 11 is 0. The summed E-state index contributed by atoms with van der Waals surface area (Å²) in [5, 5.41) is 3.43. The lowest BCUT2D eigenvalue weighted by molar-refractivity contribution is 0.0518. The third kappa shape index (κ3) is 3.97. The standard InChI is InChI=1S/C20H24N4O3/c25-19(15-7-8-21-18(14-15)22-16-4-1-2-5-16)23-9-11-24(12-10-23)20(26)17-6-3-13-27-17/h3,6-8,13-14,16H,1-2,4-5,9-12H2,(H,21,22). The molecule has 1 saturated carbocycles. The van der Waals surface area contributed by atoms with Crippen LogP contribution in [0.5, 0.6) is 0 Å². The fourth-order valence-electron chi connectivity index (χ4n) is 3.77. The zero-order valence-corrected chi connectivity index (χ0v) is 15.3. The van der Waals surface area contributed by atoms with Gasteiger partial charge in [-0.2, -0.15) is 0 Å². The molecule has 7 nitrogen and oxygen atoms in total. The third-order valence-electron chi connectivity index (χ3n) is 5.30. The maximum Gasteiger partial charge on any atom is 0.289 e. The van der Waals surface area contributed by atoms with Crippen molar-refractivity contribution in [1.29, 1.82) is 0 Å². The van der Waals surface area contributed by atoms with E-state index < -0.39 is 0 Å². The van der Waals surface area contributed by atoms with Gasteiger partial charge in [-0.05, 0) is 37.1 Å². The Morgan fingerprint density at radius 2 is 1.74 bits per heavy atom. The minimum Gasteiger partial charge on any atom is -0.459 e. The Labute approximate surface area is 158 Å². The summed E-state index contributed by atoms with van der Waals surface area (Å²) < 4.78 is 5.17. The highest BCUT2D eigenvalue weighted by molar-refractivity contribution is 5.95. The van der Waals surface area contributed by atoms with Crippen LogP contribution >= 0.6 is 0 Å². The van der Waals surface area contributed by atoms with Gasteiger partial charge >= 0.3 is 0 Å². The van der Waals surface area contributed by atoms with Crippen LogP contribution in [0.25, 0.3) is 0 Å². The molecule has 1 aliphatic heterocycles. The van der Waals surface area contributed by atoms with E-state index in [0.29, 0.717) is 43.5 Å². The van der Waals surface area contributed by atoms with Crippen LogP contribution in [0.1, 0.15) is 46.6 Å². The molecule has 0 aromatic carbocycles. The summed E-state index contributed by atoms with van der Waals surface area (Å²) in [7, 11) is 0. The van der Waals surface area contributed by atoms with Gasteiger partial charge < -0.3 is 19.5 Å². The van der Waals surface area contributed by atoms with E-state index in [1.165, 1.54) is 19.1 Å². The van der Waals surface area contributed by atoms with Crippen molar-refractivity contribution in [3.05, 3.63) is 48.0 Å². The van der Waals surface area contributed by atoms with E-state index in [2.05, 4.69) is 10.3 Å². The van der Waals surface area contributed by atoms with Crippen LogP contribution < -0.4 is 5.32 Å². The highest BCUT2D eigenvalue weighted by Crippen LogP contribution is 2.22. The molecular formula is C20H24N4O3. The summed E-state index contributed by atoms with van der Waals surface area (Å²) in [4.78, 5) is 33.0. The highest BCUT2D eigenvalue weighted by atomic mass is 16.3. The van der Waals surface area contributed by atoms with Crippen LogP contribution in [0, 0.1) is 0 Å². The molecule has 2 amide bonds. The Morgan fingerprint density at radius 1 is 1.04 bits per heavy atom. The number of nitrogens with zero attached hydrogens (tertiary/aromatic N) is 3. The van der Waals surface area contributed by atoms with E-state index in [1.54, 1.807) is 34.2 Å². The van der Waals surface area contributed by atoms with Crippen LogP contribution in [0.4, 0.5) is 5.82 Å². The molecule has 1 saturated heterocycles. The van der Waals surface area contributed by atoms with E-state index in [1.807, 2.05) is 6.07 Å². The number of hydrogen-bond donors (Lipinski definition) is 1. The van der Waals surface area contributed by atoms with Gasteiger partial charge in [-0.15, -0.1) is 0 Å². The van der Waals surface area contributed by atoms with Gasteiger partial charge in [-0.3, -0.25) is 9.59 Å². The lowest BCUT2D eigenvalue weighted by atomic mass is 10.2. The van der Waals surface area contributed by atoms with Gasteiger partial charge in [0.2, 0.25) is 0 Å². The largest absolute Gasteiger partial charge is 0.459 e. The average molecular weight is 368 g/mol. The van der Waals surface area contributed by atoms with Crippen molar-refractivity contribution in [3.63, 3.8) is 0 Å². The first-order valence-corrected chi connectivity index (χ1v) is 9.55. The molecule has 0 atom stereocenters. The lowest BCUT2D eigenvalue weighted by Crippen LogP contribution is -2.50. The topological polar surface area (TPSA) is 78.7 Å². The molecule has 2 aliphatic rings. The van der Waals surface area contributed by atoms with Gasteiger partial charge in [0.1, 0.15) is 5.82 Å². The van der Waals surface area contributed by atoms with Gasteiger partial charge in [0, 0.05) is 44.0 Å². The van der Waals surface area contributed by atoms with E-state index in [9.17, 15) is 9.59 Å². The summed E-state index contributed by atoms with van der Waals surface area (Å²) in [5.41, 5.74) is 0.635. The number of piperazine rings is 1. The number of carbonyl (C=O) groups excluding carboxylic acids is 2. The first kappa shape index (κ1) is 17.6. The van der Waals surface area contributed by atoms with E-state index in [-0.39, 0.29) is 11.8 Å². The fraction of sp³-hybridized carbons (Fsp3) is 0.450. The molecule has 7 heteroatoms. The Morgan fingerprint density at radius 3 is 2.41 bits per heavy atom. The molecular weight excluding hydrogens is 344 g/mol. The van der Waals surface area contributed by atoms with Crippen LogP contribution in [0.15, 0.2) is 41.1 Å². The first-order valence-electron chi connectivity index (χ1n) is 9.55. The number of furan rings is 1. The molecule has 27 heavy (non-hydrogen) atoms. The maximum atomic E-state index is 12.8. The van der Waals surface area contributed by atoms with Gasteiger partial charge in [0.05, 0.1) is 6.26 Å². The molecule has 2 aromatic rings. The monoisotopic (exact) mass is 368 g/mol. The zero-order valence-electron chi connectivity index (χ0n) is 15.3. The number of pyridine rings is 1. The van der Waals surface area contributed by atoms with Crippen molar-refractivity contribution < 1.29 is 14.0 Å². The number of carbonyl (C=O) groups is 2. The quantitative estimate of drug-likeness (QED) is 0.897. The van der Waals surface area contributed by atoms with Gasteiger partial charge in [-0.1, -0.05) is 12.8 Å². The highest BCUT2D eigenvalue weighted by Gasteiger charge is 2.27. The molecule has 2 fully saturated rings. The van der Waals surface area contributed by atoms with Crippen molar-refractivity contribution in [2.75, 3.05) is 31.5 Å². The molecule has 2 aromatic heterocycles. The number of aromatic nitrogens is 1. The number of nitrogens with one attached hydrogen (secondary N) is 1. The lowest BCUT2D eigenvalue weighted by Gasteiger charge is -2.34. The zero-order chi connectivity index (χ0) is 18.6. The van der Waals surface area contributed by atoms with Gasteiger partial charge in [-0.25, -0.2) is 4.98 Å². The first-order chi connectivity index (χ1) is 13.2. The van der Waals surface area contributed by atoms with Crippen molar-refractivity contribution >= 4 is 17.6 Å². The Hall–Kier alpha value is -2.83. The molecule has 0 spiro atoms. The van der Waals surface area contributed by atoms with Crippen LogP contribution in [0.3, 0.4) is 0 Å². The number of rotatable bonds is 4. The molecule has 1 N–H and O–H groups in total.